The molecule has 5 heterocycles. The third kappa shape index (κ3) is 9.10. The Morgan fingerprint density at radius 1 is 0.510 bits per heavy atom. The topological polar surface area (TPSA) is 51.6 Å². The maximum absolute atomic E-state index is 4.67. The zero-order valence-electron chi connectivity index (χ0n) is 31.5. The summed E-state index contributed by atoms with van der Waals surface area (Å²) in [6, 6.07) is 9.68. The van der Waals surface area contributed by atoms with Crippen molar-refractivity contribution in [3.05, 3.63) is 57.3 Å². The van der Waals surface area contributed by atoms with Crippen molar-refractivity contribution in [1.29, 1.82) is 0 Å². The molecule has 0 unspecified atom stereocenters. The molecule has 0 fully saturated rings. The molecule has 1 aliphatic rings. The number of fused-ring (bicyclic) bond motifs is 3. The van der Waals surface area contributed by atoms with Gasteiger partial charge in [0.2, 0.25) is 11.6 Å². The van der Waals surface area contributed by atoms with Crippen molar-refractivity contribution in [1.82, 2.24) is 20.4 Å². The number of rotatable bonds is 23. The van der Waals surface area contributed by atoms with Crippen molar-refractivity contribution < 1.29 is 0 Å². The van der Waals surface area contributed by atoms with Crippen LogP contribution in [0.1, 0.15) is 166 Å². The third-order valence-corrected chi connectivity index (χ3v) is 15.3. The van der Waals surface area contributed by atoms with Gasteiger partial charge in [0.25, 0.3) is 0 Å². The van der Waals surface area contributed by atoms with Crippen molar-refractivity contribution in [3.8, 4) is 40.9 Å². The molecule has 5 aromatic rings. The van der Waals surface area contributed by atoms with Crippen LogP contribution in [0.15, 0.2) is 35.0 Å². The molecule has 51 heavy (non-hydrogen) atoms. The van der Waals surface area contributed by atoms with E-state index in [0.29, 0.717) is 11.6 Å². The van der Waals surface area contributed by atoms with Gasteiger partial charge in [-0.05, 0) is 95.8 Å². The van der Waals surface area contributed by atoms with Crippen LogP contribution >= 0.6 is 45.3 Å². The van der Waals surface area contributed by atoms with Gasteiger partial charge in [-0.25, -0.2) is 0 Å². The monoisotopic (exact) mass is 758 g/mol. The summed E-state index contributed by atoms with van der Waals surface area (Å²) in [5.74, 6) is 1.28. The number of hydrogen-bond acceptors (Lipinski definition) is 8. The number of unbranched alkanes of at least 4 members (excludes halogenated alkanes) is 12. The predicted octanol–water partition coefficient (Wildman–Crippen LogP) is 15.0. The minimum atomic E-state index is 0.159. The Balaban J connectivity index is 1.29. The summed E-state index contributed by atoms with van der Waals surface area (Å²) in [5, 5.41) is 23.2. The fraction of sp³-hybridized carbons (Fsp3) is 0.581. The highest BCUT2D eigenvalue weighted by atomic mass is 32.1. The van der Waals surface area contributed by atoms with Crippen molar-refractivity contribution in [2.24, 2.45) is 0 Å². The Morgan fingerprint density at radius 2 is 1.10 bits per heavy atom. The van der Waals surface area contributed by atoms with E-state index < -0.39 is 0 Å². The standard InChI is InChI=1S/C43H58N4S4/c1-5-9-13-17-21-31-27-36(49-30-31)41-44-46-42(47-45-41)37-28-32(22-18-14-10-6-2)38(51-37)35-29-34-40(50-35)39-33(23-26-48-39)43(34,24-19-15-11-7-3)25-20-16-12-8-4/h23,26-30H,5-22,24-25H2,1-4H3. The van der Waals surface area contributed by atoms with Crippen molar-refractivity contribution in [2.75, 3.05) is 0 Å². The van der Waals surface area contributed by atoms with Gasteiger partial charge in [0.1, 0.15) is 0 Å². The number of nitrogens with zero attached hydrogens (tertiary/aromatic N) is 4. The van der Waals surface area contributed by atoms with E-state index in [0.717, 1.165) is 22.6 Å². The van der Waals surface area contributed by atoms with Gasteiger partial charge in [-0.2, -0.15) is 0 Å². The van der Waals surface area contributed by atoms with Crippen LogP contribution in [0.5, 0.6) is 0 Å². The highest BCUT2D eigenvalue weighted by Crippen LogP contribution is 2.60. The predicted molar refractivity (Wildman–Crippen MR) is 225 cm³/mol. The molecule has 0 N–H and O–H groups in total. The molecule has 1 aliphatic carbocycles. The molecular weight excluding hydrogens is 701 g/mol. The lowest BCUT2D eigenvalue weighted by Crippen LogP contribution is -2.24. The minimum Gasteiger partial charge on any atom is -0.143 e. The molecule has 274 valence electrons. The first-order valence-electron chi connectivity index (χ1n) is 20.1. The molecule has 6 rings (SSSR count). The van der Waals surface area contributed by atoms with E-state index >= 15 is 0 Å². The smallest absolute Gasteiger partial charge is 0.143 e. The van der Waals surface area contributed by atoms with E-state index in [-0.39, 0.29) is 5.41 Å². The molecule has 0 radical (unpaired) electrons. The molecule has 5 aromatic heterocycles. The van der Waals surface area contributed by atoms with Gasteiger partial charge in [-0.15, -0.1) is 65.7 Å². The highest BCUT2D eigenvalue weighted by molar-refractivity contribution is 7.27. The summed E-state index contributed by atoms with van der Waals surface area (Å²) in [7, 11) is 0. The van der Waals surface area contributed by atoms with Gasteiger partial charge in [0.15, 0.2) is 0 Å². The maximum Gasteiger partial charge on any atom is 0.213 e. The molecule has 0 bridgehead atoms. The van der Waals surface area contributed by atoms with Gasteiger partial charge >= 0.3 is 0 Å². The van der Waals surface area contributed by atoms with Gasteiger partial charge in [-0.3, -0.25) is 0 Å². The second kappa shape index (κ2) is 19.2. The number of thiophene rings is 4. The van der Waals surface area contributed by atoms with E-state index in [1.54, 1.807) is 27.3 Å². The minimum absolute atomic E-state index is 0.159. The summed E-state index contributed by atoms with van der Waals surface area (Å²) in [6.45, 7) is 9.21. The van der Waals surface area contributed by atoms with Gasteiger partial charge in [0.05, 0.1) is 9.75 Å². The summed E-state index contributed by atoms with van der Waals surface area (Å²) in [6.07, 6.45) is 25.4. The van der Waals surface area contributed by atoms with E-state index in [1.165, 1.54) is 141 Å². The first-order chi connectivity index (χ1) is 25.1. The number of hydrogen-bond donors (Lipinski definition) is 0. The molecule has 0 amide bonds. The van der Waals surface area contributed by atoms with Gasteiger partial charge in [-0.1, -0.05) is 118 Å². The lowest BCUT2D eigenvalue weighted by molar-refractivity contribution is 0.402. The number of aryl methyl sites for hydroxylation is 2. The molecule has 0 aromatic carbocycles. The quantitative estimate of drug-likeness (QED) is 0.0623. The van der Waals surface area contributed by atoms with Crippen molar-refractivity contribution in [2.45, 2.75) is 162 Å². The Kier molecular flexibility index (Phi) is 14.5. The molecule has 4 nitrogen and oxygen atoms in total. The molecule has 0 saturated heterocycles. The molecule has 0 saturated carbocycles. The van der Waals surface area contributed by atoms with Gasteiger partial charge < -0.3 is 0 Å². The summed E-state index contributed by atoms with van der Waals surface area (Å²) in [4.78, 5) is 8.06. The zero-order valence-corrected chi connectivity index (χ0v) is 34.8. The summed E-state index contributed by atoms with van der Waals surface area (Å²) < 4.78 is 0. The average Bonchev–Trinajstić information content (AvgIpc) is 3.99. The van der Waals surface area contributed by atoms with E-state index in [2.05, 4.69) is 83.1 Å². The lowest BCUT2D eigenvalue weighted by atomic mass is 9.71. The Hall–Kier alpha value is -2.26. The fourth-order valence-electron chi connectivity index (χ4n) is 7.89. The lowest BCUT2D eigenvalue weighted by Gasteiger charge is -2.31. The second-order valence-corrected chi connectivity index (χ2v) is 18.6. The Labute approximate surface area is 323 Å². The molecule has 0 spiro atoms. The first kappa shape index (κ1) is 38.5. The van der Waals surface area contributed by atoms with Crippen molar-refractivity contribution in [3.63, 3.8) is 0 Å². The van der Waals surface area contributed by atoms with Crippen LogP contribution in [0.25, 0.3) is 40.9 Å². The van der Waals surface area contributed by atoms with Crippen LogP contribution in [0, 0.1) is 0 Å². The SMILES string of the molecule is CCCCCCc1csc(-c2nnc(-c3cc(CCCCCC)c(-c4cc5c(s4)-c4sccc4C5(CCCCCC)CCCCCC)s3)nn2)c1. The van der Waals surface area contributed by atoms with Crippen LogP contribution < -0.4 is 0 Å². The summed E-state index contributed by atoms with van der Waals surface area (Å²) >= 11 is 7.56. The normalized spacial score (nSPS) is 13.3. The molecule has 0 atom stereocenters. The summed E-state index contributed by atoms with van der Waals surface area (Å²) in [5.41, 5.74) is 6.21. The van der Waals surface area contributed by atoms with Crippen LogP contribution in [0.3, 0.4) is 0 Å². The third-order valence-electron chi connectivity index (χ3n) is 10.8. The first-order valence-corrected chi connectivity index (χ1v) is 23.5. The molecule has 8 heteroatoms. The van der Waals surface area contributed by atoms with Crippen molar-refractivity contribution >= 4 is 45.3 Å². The fourth-order valence-corrected chi connectivity index (χ4v) is 12.5. The van der Waals surface area contributed by atoms with E-state index in [9.17, 15) is 0 Å². The van der Waals surface area contributed by atoms with Crippen LogP contribution in [0.4, 0.5) is 0 Å². The molecule has 0 aliphatic heterocycles. The van der Waals surface area contributed by atoms with Crippen LogP contribution in [0.2, 0.25) is 0 Å². The van der Waals surface area contributed by atoms with Crippen LogP contribution in [-0.4, -0.2) is 20.4 Å². The largest absolute Gasteiger partial charge is 0.213 e. The Morgan fingerprint density at radius 3 is 1.75 bits per heavy atom. The highest BCUT2D eigenvalue weighted by Gasteiger charge is 2.44. The van der Waals surface area contributed by atoms with Crippen LogP contribution in [-0.2, 0) is 18.3 Å². The van der Waals surface area contributed by atoms with Gasteiger partial charge in [0, 0.05) is 24.9 Å². The van der Waals surface area contributed by atoms with E-state index in [1.807, 2.05) is 34.0 Å². The second-order valence-electron chi connectivity index (χ2n) is 14.7. The average molecular weight is 759 g/mol. The number of aromatic nitrogens is 4. The van der Waals surface area contributed by atoms with E-state index in [4.69, 9.17) is 0 Å². The maximum atomic E-state index is 4.67. The molecular formula is C43H58N4S4. The Bertz CT molecular complexity index is 1760. The zero-order chi connectivity index (χ0) is 35.5.